The van der Waals surface area contributed by atoms with Gasteiger partial charge >= 0.3 is 0 Å². The van der Waals surface area contributed by atoms with Crippen LogP contribution < -0.4 is 5.32 Å². The van der Waals surface area contributed by atoms with E-state index in [1.54, 1.807) is 30.5 Å². The minimum absolute atomic E-state index is 0.0747. The SMILES string of the molecule is O=C(CCc1ccco1)Nc1cc(Cl)ccc1Br. The molecule has 3 nitrogen and oxygen atoms in total. The third-order valence-corrected chi connectivity index (χ3v) is 3.31. The zero-order chi connectivity index (χ0) is 13.0. The standard InChI is InChI=1S/C13H11BrClNO2/c14-11-5-3-9(15)8-12(11)16-13(17)6-4-10-2-1-7-18-10/h1-3,5,7-8H,4,6H2,(H,16,17). The Morgan fingerprint density at radius 1 is 1.39 bits per heavy atom. The molecule has 0 aliphatic carbocycles. The Bertz CT molecular complexity index is 540. The van der Waals surface area contributed by atoms with Gasteiger partial charge in [0.25, 0.3) is 0 Å². The molecule has 0 atom stereocenters. The van der Waals surface area contributed by atoms with Crippen molar-refractivity contribution in [2.24, 2.45) is 0 Å². The largest absolute Gasteiger partial charge is 0.469 e. The fourth-order valence-electron chi connectivity index (χ4n) is 1.50. The third kappa shape index (κ3) is 3.62. The molecule has 1 aromatic carbocycles. The van der Waals surface area contributed by atoms with Gasteiger partial charge in [0.1, 0.15) is 5.76 Å². The number of rotatable bonds is 4. The fourth-order valence-corrected chi connectivity index (χ4v) is 2.02. The van der Waals surface area contributed by atoms with E-state index in [9.17, 15) is 4.79 Å². The molecule has 1 N–H and O–H groups in total. The van der Waals surface area contributed by atoms with E-state index in [4.69, 9.17) is 16.0 Å². The van der Waals surface area contributed by atoms with Crippen LogP contribution in [0.2, 0.25) is 5.02 Å². The molecule has 1 amide bonds. The van der Waals surface area contributed by atoms with Crippen LogP contribution in [0.3, 0.4) is 0 Å². The maximum absolute atomic E-state index is 11.8. The lowest BCUT2D eigenvalue weighted by Crippen LogP contribution is -2.12. The molecule has 1 aromatic heterocycles. The van der Waals surface area contributed by atoms with Crippen molar-refractivity contribution in [2.75, 3.05) is 5.32 Å². The van der Waals surface area contributed by atoms with Crippen LogP contribution in [0.5, 0.6) is 0 Å². The van der Waals surface area contributed by atoms with Crippen LogP contribution in [-0.2, 0) is 11.2 Å². The summed E-state index contributed by atoms with van der Waals surface area (Å²) in [6.07, 6.45) is 2.55. The summed E-state index contributed by atoms with van der Waals surface area (Å²) in [7, 11) is 0. The highest BCUT2D eigenvalue weighted by molar-refractivity contribution is 9.10. The minimum atomic E-state index is -0.0747. The summed E-state index contributed by atoms with van der Waals surface area (Å²) < 4.78 is 5.97. The van der Waals surface area contributed by atoms with Crippen LogP contribution in [0, 0.1) is 0 Å². The molecular weight excluding hydrogens is 318 g/mol. The lowest BCUT2D eigenvalue weighted by molar-refractivity contribution is -0.116. The van der Waals surface area contributed by atoms with E-state index in [2.05, 4.69) is 21.2 Å². The van der Waals surface area contributed by atoms with Crippen molar-refractivity contribution in [1.82, 2.24) is 0 Å². The molecule has 94 valence electrons. The van der Waals surface area contributed by atoms with Gasteiger partial charge in [-0.1, -0.05) is 11.6 Å². The van der Waals surface area contributed by atoms with Crippen molar-refractivity contribution in [3.63, 3.8) is 0 Å². The summed E-state index contributed by atoms with van der Waals surface area (Å²) in [5.41, 5.74) is 0.673. The summed E-state index contributed by atoms with van der Waals surface area (Å²) in [4.78, 5) is 11.8. The highest BCUT2D eigenvalue weighted by Crippen LogP contribution is 2.26. The van der Waals surface area contributed by atoms with Crippen LogP contribution in [-0.4, -0.2) is 5.91 Å². The first-order valence-electron chi connectivity index (χ1n) is 5.42. The van der Waals surface area contributed by atoms with Crippen molar-refractivity contribution >= 4 is 39.1 Å². The van der Waals surface area contributed by atoms with Gasteiger partial charge in [0.2, 0.25) is 5.91 Å². The molecule has 2 aromatic rings. The van der Waals surface area contributed by atoms with E-state index < -0.39 is 0 Å². The number of anilines is 1. The fraction of sp³-hybridized carbons (Fsp3) is 0.154. The number of hydrogen-bond acceptors (Lipinski definition) is 2. The zero-order valence-corrected chi connectivity index (χ0v) is 11.8. The molecule has 18 heavy (non-hydrogen) atoms. The van der Waals surface area contributed by atoms with Gasteiger partial charge < -0.3 is 9.73 Å². The first-order valence-corrected chi connectivity index (χ1v) is 6.59. The van der Waals surface area contributed by atoms with Gasteiger partial charge in [0.15, 0.2) is 0 Å². The summed E-state index contributed by atoms with van der Waals surface area (Å²) in [5.74, 6) is 0.727. The molecule has 2 rings (SSSR count). The summed E-state index contributed by atoms with van der Waals surface area (Å²) in [6, 6.07) is 8.91. The highest BCUT2D eigenvalue weighted by Gasteiger charge is 2.07. The quantitative estimate of drug-likeness (QED) is 0.911. The Labute approximate surface area is 118 Å². The number of nitrogens with one attached hydrogen (secondary N) is 1. The number of halogens is 2. The van der Waals surface area contributed by atoms with E-state index in [-0.39, 0.29) is 5.91 Å². The minimum Gasteiger partial charge on any atom is -0.469 e. The molecule has 0 aliphatic rings. The van der Waals surface area contributed by atoms with Crippen molar-refractivity contribution in [1.29, 1.82) is 0 Å². The van der Waals surface area contributed by atoms with Gasteiger partial charge in [-0.05, 0) is 46.3 Å². The molecule has 1 heterocycles. The van der Waals surface area contributed by atoms with Gasteiger partial charge in [-0.15, -0.1) is 0 Å². The smallest absolute Gasteiger partial charge is 0.224 e. The number of carbonyl (C=O) groups is 1. The second-order valence-corrected chi connectivity index (χ2v) is 5.04. The zero-order valence-electron chi connectivity index (χ0n) is 9.45. The van der Waals surface area contributed by atoms with E-state index >= 15 is 0 Å². The summed E-state index contributed by atoms with van der Waals surface area (Å²) in [5, 5.41) is 3.38. The Morgan fingerprint density at radius 3 is 2.94 bits per heavy atom. The molecule has 0 fully saturated rings. The highest BCUT2D eigenvalue weighted by atomic mass is 79.9. The molecule has 0 spiro atoms. The number of furan rings is 1. The van der Waals surface area contributed by atoms with Gasteiger partial charge in [0, 0.05) is 22.3 Å². The van der Waals surface area contributed by atoms with Gasteiger partial charge in [-0.3, -0.25) is 4.79 Å². The molecule has 0 radical (unpaired) electrons. The number of amides is 1. The van der Waals surface area contributed by atoms with Gasteiger partial charge in [-0.25, -0.2) is 0 Å². The normalized spacial score (nSPS) is 10.3. The third-order valence-electron chi connectivity index (χ3n) is 2.38. The number of benzene rings is 1. The molecule has 0 aliphatic heterocycles. The lowest BCUT2D eigenvalue weighted by atomic mass is 10.2. The van der Waals surface area contributed by atoms with Gasteiger partial charge in [-0.2, -0.15) is 0 Å². The maximum Gasteiger partial charge on any atom is 0.224 e. The summed E-state index contributed by atoms with van der Waals surface area (Å²) in [6.45, 7) is 0. The van der Waals surface area contributed by atoms with E-state index in [0.717, 1.165) is 10.2 Å². The average molecular weight is 329 g/mol. The Kier molecular flexibility index (Phi) is 4.44. The molecule has 0 unspecified atom stereocenters. The van der Waals surface area contributed by atoms with Crippen LogP contribution in [0.4, 0.5) is 5.69 Å². The second kappa shape index (κ2) is 6.07. The predicted octanol–water partition coefficient (Wildman–Crippen LogP) is 4.27. The molecular formula is C13H11BrClNO2. The molecule has 0 saturated heterocycles. The first kappa shape index (κ1) is 13.2. The van der Waals surface area contributed by atoms with Crippen LogP contribution >= 0.6 is 27.5 Å². The number of aryl methyl sites for hydroxylation is 1. The van der Waals surface area contributed by atoms with Crippen LogP contribution in [0.15, 0.2) is 45.5 Å². The molecule has 0 bridgehead atoms. The van der Waals surface area contributed by atoms with Crippen molar-refractivity contribution in [2.45, 2.75) is 12.8 Å². The van der Waals surface area contributed by atoms with Crippen LogP contribution in [0.25, 0.3) is 0 Å². The lowest BCUT2D eigenvalue weighted by Gasteiger charge is -2.07. The van der Waals surface area contributed by atoms with Crippen molar-refractivity contribution in [3.8, 4) is 0 Å². The number of carbonyl (C=O) groups excluding carboxylic acids is 1. The monoisotopic (exact) mass is 327 g/mol. The maximum atomic E-state index is 11.8. The number of hydrogen-bond donors (Lipinski definition) is 1. The van der Waals surface area contributed by atoms with E-state index in [1.807, 2.05) is 6.07 Å². The topological polar surface area (TPSA) is 42.2 Å². The Hall–Kier alpha value is -1.26. The van der Waals surface area contributed by atoms with E-state index in [1.165, 1.54) is 0 Å². The predicted molar refractivity (Wildman–Crippen MR) is 74.8 cm³/mol. The van der Waals surface area contributed by atoms with Crippen LogP contribution in [0.1, 0.15) is 12.2 Å². The Balaban J connectivity index is 1.92. The second-order valence-electron chi connectivity index (χ2n) is 3.75. The van der Waals surface area contributed by atoms with Gasteiger partial charge in [0.05, 0.1) is 12.0 Å². The summed E-state index contributed by atoms with van der Waals surface area (Å²) >= 11 is 9.23. The molecule has 5 heteroatoms. The van der Waals surface area contributed by atoms with E-state index in [0.29, 0.717) is 23.6 Å². The van der Waals surface area contributed by atoms with Crippen molar-refractivity contribution in [3.05, 3.63) is 51.9 Å². The first-order chi connectivity index (χ1) is 8.65. The van der Waals surface area contributed by atoms with Crippen molar-refractivity contribution < 1.29 is 9.21 Å². The Morgan fingerprint density at radius 2 is 2.22 bits per heavy atom. The molecule has 0 saturated carbocycles. The average Bonchev–Trinajstić information content (AvgIpc) is 2.84.